The fourth-order valence-electron chi connectivity index (χ4n) is 2.24. The third-order valence-electron chi connectivity index (χ3n) is 3.25. The van der Waals surface area contributed by atoms with E-state index >= 15 is 0 Å². The molecule has 0 bridgehead atoms. The van der Waals surface area contributed by atoms with Crippen LogP contribution >= 0.6 is 0 Å². The Labute approximate surface area is 111 Å². The SMILES string of the molecule is CCCCCN(C(C)C)C(CN)c1ccncn1. The van der Waals surface area contributed by atoms with Gasteiger partial charge in [0.1, 0.15) is 6.33 Å². The average Bonchev–Trinajstić information content (AvgIpc) is 2.39. The molecule has 0 spiro atoms. The number of hydrogen-bond acceptors (Lipinski definition) is 4. The smallest absolute Gasteiger partial charge is 0.115 e. The molecule has 4 nitrogen and oxygen atoms in total. The Hall–Kier alpha value is -1.00. The monoisotopic (exact) mass is 250 g/mol. The molecule has 1 unspecified atom stereocenters. The molecule has 0 saturated heterocycles. The van der Waals surface area contributed by atoms with Crippen molar-refractivity contribution in [3.63, 3.8) is 0 Å². The van der Waals surface area contributed by atoms with Gasteiger partial charge in [-0.3, -0.25) is 4.90 Å². The number of rotatable bonds is 8. The van der Waals surface area contributed by atoms with Crippen LogP contribution in [0.1, 0.15) is 51.8 Å². The molecule has 0 aliphatic carbocycles. The highest BCUT2D eigenvalue weighted by Gasteiger charge is 2.22. The second-order valence-corrected chi connectivity index (χ2v) is 4.92. The molecule has 0 fully saturated rings. The lowest BCUT2D eigenvalue weighted by Gasteiger charge is -2.33. The van der Waals surface area contributed by atoms with Crippen LogP contribution in [0.2, 0.25) is 0 Å². The second-order valence-electron chi connectivity index (χ2n) is 4.92. The van der Waals surface area contributed by atoms with Crippen LogP contribution in [0.25, 0.3) is 0 Å². The van der Waals surface area contributed by atoms with Crippen molar-refractivity contribution in [2.24, 2.45) is 5.73 Å². The molecular formula is C14H26N4. The van der Waals surface area contributed by atoms with Crippen molar-refractivity contribution in [2.75, 3.05) is 13.1 Å². The van der Waals surface area contributed by atoms with Gasteiger partial charge in [0.2, 0.25) is 0 Å². The number of unbranched alkanes of at least 4 members (excludes halogenated alkanes) is 2. The Balaban J connectivity index is 2.74. The van der Waals surface area contributed by atoms with Gasteiger partial charge < -0.3 is 5.73 Å². The Morgan fingerprint density at radius 2 is 2.11 bits per heavy atom. The normalized spacial score (nSPS) is 13.2. The van der Waals surface area contributed by atoms with E-state index in [9.17, 15) is 0 Å². The van der Waals surface area contributed by atoms with Gasteiger partial charge in [-0.25, -0.2) is 9.97 Å². The van der Waals surface area contributed by atoms with Crippen molar-refractivity contribution in [2.45, 2.75) is 52.1 Å². The molecule has 0 aliphatic rings. The van der Waals surface area contributed by atoms with Crippen LogP contribution in [0, 0.1) is 0 Å². The van der Waals surface area contributed by atoms with Crippen LogP contribution in [-0.2, 0) is 0 Å². The first-order valence-electron chi connectivity index (χ1n) is 6.92. The zero-order valence-corrected chi connectivity index (χ0v) is 11.8. The van der Waals surface area contributed by atoms with E-state index in [0.29, 0.717) is 12.6 Å². The summed E-state index contributed by atoms with van der Waals surface area (Å²) >= 11 is 0. The Morgan fingerprint density at radius 3 is 2.61 bits per heavy atom. The largest absolute Gasteiger partial charge is 0.329 e. The van der Waals surface area contributed by atoms with Crippen LogP contribution in [0.4, 0.5) is 0 Å². The van der Waals surface area contributed by atoms with Gasteiger partial charge in [-0.05, 0) is 32.9 Å². The lowest BCUT2D eigenvalue weighted by atomic mass is 10.1. The highest BCUT2D eigenvalue weighted by atomic mass is 15.2. The summed E-state index contributed by atoms with van der Waals surface area (Å²) in [7, 11) is 0. The number of hydrogen-bond donors (Lipinski definition) is 1. The van der Waals surface area contributed by atoms with E-state index in [1.165, 1.54) is 19.3 Å². The first-order chi connectivity index (χ1) is 8.70. The topological polar surface area (TPSA) is 55.0 Å². The molecule has 0 aromatic carbocycles. The van der Waals surface area contributed by atoms with Crippen molar-refractivity contribution in [1.82, 2.24) is 14.9 Å². The summed E-state index contributed by atoms with van der Waals surface area (Å²) in [5.41, 5.74) is 6.97. The minimum atomic E-state index is 0.199. The molecule has 1 rings (SSSR count). The standard InChI is InChI=1S/C14H26N4/c1-4-5-6-9-18(12(2)3)14(10-15)13-7-8-16-11-17-13/h7-8,11-12,14H,4-6,9-10,15H2,1-3H3. The molecule has 0 amide bonds. The summed E-state index contributed by atoms with van der Waals surface area (Å²) in [5.74, 6) is 0. The second kappa shape index (κ2) is 8.16. The summed E-state index contributed by atoms with van der Waals surface area (Å²) < 4.78 is 0. The van der Waals surface area contributed by atoms with Crippen molar-refractivity contribution < 1.29 is 0 Å². The van der Waals surface area contributed by atoms with Gasteiger partial charge >= 0.3 is 0 Å². The molecule has 102 valence electrons. The van der Waals surface area contributed by atoms with Crippen molar-refractivity contribution in [1.29, 1.82) is 0 Å². The minimum Gasteiger partial charge on any atom is -0.329 e. The summed E-state index contributed by atoms with van der Waals surface area (Å²) in [6, 6.07) is 2.64. The molecule has 1 atom stereocenters. The maximum absolute atomic E-state index is 5.95. The van der Waals surface area contributed by atoms with Crippen LogP contribution in [0.3, 0.4) is 0 Å². The fourth-order valence-corrected chi connectivity index (χ4v) is 2.24. The molecule has 2 N–H and O–H groups in total. The number of nitrogens with zero attached hydrogens (tertiary/aromatic N) is 3. The number of aromatic nitrogens is 2. The Kier molecular flexibility index (Phi) is 6.83. The molecule has 4 heteroatoms. The van der Waals surface area contributed by atoms with Gasteiger partial charge in [0.05, 0.1) is 11.7 Å². The van der Waals surface area contributed by atoms with Crippen molar-refractivity contribution >= 4 is 0 Å². The van der Waals surface area contributed by atoms with Crippen LogP contribution in [0.15, 0.2) is 18.6 Å². The van der Waals surface area contributed by atoms with Crippen LogP contribution < -0.4 is 5.73 Å². The lowest BCUT2D eigenvalue weighted by Crippen LogP contribution is -2.39. The van der Waals surface area contributed by atoms with Crippen molar-refractivity contribution in [3.8, 4) is 0 Å². The van der Waals surface area contributed by atoms with Gasteiger partial charge in [-0.15, -0.1) is 0 Å². The van der Waals surface area contributed by atoms with Gasteiger partial charge in [-0.2, -0.15) is 0 Å². The van der Waals surface area contributed by atoms with E-state index in [-0.39, 0.29) is 6.04 Å². The Bertz CT molecular complexity index is 313. The van der Waals surface area contributed by atoms with Gasteiger partial charge in [0.25, 0.3) is 0 Å². The molecule has 1 heterocycles. The number of nitrogens with two attached hydrogens (primary N) is 1. The maximum atomic E-state index is 5.95. The highest BCUT2D eigenvalue weighted by molar-refractivity contribution is 5.06. The van der Waals surface area contributed by atoms with E-state index < -0.39 is 0 Å². The third kappa shape index (κ3) is 4.35. The summed E-state index contributed by atoms with van der Waals surface area (Å²) in [4.78, 5) is 10.8. The van der Waals surface area contributed by atoms with E-state index in [4.69, 9.17) is 5.73 Å². The molecule has 18 heavy (non-hydrogen) atoms. The van der Waals surface area contributed by atoms with Gasteiger partial charge in [0.15, 0.2) is 0 Å². The van der Waals surface area contributed by atoms with Crippen LogP contribution in [-0.4, -0.2) is 34.0 Å². The van der Waals surface area contributed by atoms with Gasteiger partial charge in [-0.1, -0.05) is 19.8 Å². The van der Waals surface area contributed by atoms with Crippen molar-refractivity contribution in [3.05, 3.63) is 24.3 Å². The third-order valence-corrected chi connectivity index (χ3v) is 3.25. The minimum absolute atomic E-state index is 0.199. The van der Waals surface area contributed by atoms with Crippen LogP contribution in [0.5, 0.6) is 0 Å². The van der Waals surface area contributed by atoms with E-state index in [1.54, 1.807) is 12.5 Å². The first-order valence-corrected chi connectivity index (χ1v) is 6.92. The molecule has 1 aromatic heterocycles. The summed E-state index contributed by atoms with van der Waals surface area (Å²) in [6.45, 7) is 8.34. The maximum Gasteiger partial charge on any atom is 0.115 e. The molecular weight excluding hydrogens is 224 g/mol. The highest BCUT2D eigenvalue weighted by Crippen LogP contribution is 2.20. The predicted octanol–water partition coefficient (Wildman–Crippen LogP) is 2.38. The quantitative estimate of drug-likeness (QED) is 0.720. The summed E-state index contributed by atoms with van der Waals surface area (Å²) in [6.07, 6.45) is 7.12. The molecule has 1 aromatic rings. The fraction of sp³-hybridized carbons (Fsp3) is 0.714. The lowest BCUT2D eigenvalue weighted by molar-refractivity contribution is 0.151. The predicted molar refractivity (Wildman–Crippen MR) is 75.2 cm³/mol. The molecule has 0 saturated carbocycles. The summed E-state index contributed by atoms with van der Waals surface area (Å²) in [5, 5.41) is 0. The average molecular weight is 250 g/mol. The Morgan fingerprint density at radius 1 is 1.33 bits per heavy atom. The first kappa shape index (κ1) is 15.1. The molecule has 0 aliphatic heterocycles. The zero-order valence-electron chi connectivity index (χ0n) is 11.8. The van der Waals surface area contributed by atoms with E-state index in [1.807, 2.05) is 6.07 Å². The van der Waals surface area contributed by atoms with E-state index in [2.05, 4.69) is 35.6 Å². The van der Waals surface area contributed by atoms with E-state index in [0.717, 1.165) is 12.2 Å². The molecule has 0 radical (unpaired) electrons. The van der Waals surface area contributed by atoms with Gasteiger partial charge in [0, 0.05) is 18.8 Å². The zero-order chi connectivity index (χ0) is 13.4.